The van der Waals surface area contributed by atoms with Crippen LogP contribution in [0.25, 0.3) is 0 Å². The van der Waals surface area contributed by atoms with E-state index >= 15 is 0 Å². The van der Waals surface area contributed by atoms with Crippen molar-refractivity contribution in [3.63, 3.8) is 0 Å². The van der Waals surface area contributed by atoms with Gasteiger partial charge < -0.3 is 29.0 Å². The molecule has 2 N–H and O–H groups in total. The Morgan fingerprint density at radius 1 is 0.932 bits per heavy atom. The maximum absolute atomic E-state index is 13.0. The van der Waals surface area contributed by atoms with Crippen molar-refractivity contribution in [3.05, 3.63) is 75.8 Å². The van der Waals surface area contributed by atoms with Crippen LogP contribution in [0.4, 0.5) is 0 Å². The summed E-state index contributed by atoms with van der Waals surface area (Å²) in [6, 6.07) is 14.9. The second-order valence-corrected chi connectivity index (χ2v) is 11.2. The quantitative estimate of drug-likeness (QED) is 0.160. The van der Waals surface area contributed by atoms with Crippen molar-refractivity contribution in [2.45, 2.75) is 52.9 Å². The molecule has 0 saturated carbocycles. The highest BCUT2D eigenvalue weighted by Gasteiger charge is 2.25. The van der Waals surface area contributed by atoms with Crippen LogP contribution in [0.3, 0.4) is 0 Å². The molecule has 4 rings (SSSR count). The third-order valence-corrected chi connectivity index (χ3v) is 6.92. The van der Waals surface area contributed by atoms with E-state index in [1.807, 2.05) is 39.0 Å². The molecule has 0 spiro atoms. The van der Waals surface area contributed by atoms with E-state index in [1.54, 1.807) is 37.3 Å². The summed E-state index contributed by atoms with van der Waals surface area (Å²) >= 11 is 12.1. The highest BCUT2D eigenvalue weighted by Crippen LogP contribution is 2.34. The van der Waals surface area contributed by atoms with Crippen molar-refractivity contribution in [1.82, 2.24) is 10.7 Å². The first-order valence-electron chi connectivity index (χ1n) is 14.2. The lowest BCUT2D eigenvalue weighted by atomic mass is 10.0. The number of rotatable bonds is 14. The topological polar surface area (TPSA) is 117 Å². The number of carbonyl (C=O) groups is 2. The van der Waals surface area contributed by atoms with Crippen LogP contribution in [-0.2, 0) is 16.2 Å². The van der Waals surface area contributed by atoms with Crippen LogP contribution < -0.4 is 34.4 Å². The van der Waals surface area contributed by atoms with Gasteiger partial charge in [-0.2, -0.15) is 5.10 Å². The summed E-state index contributed by atoms with van der Waals surface area (Å²) in [5.74, 6) is 1.98. The molecule has 0 bridgehead atoms. The molecule has 3 aromatic carbocycles. The summed E-state index contributed by atoms with van der Waals surface area (Å²) in [5, 5.41) is 7.59. The van der Waals surface area contributed by atoms with Gasteiger partial charge in [-0.1, -0.05) is 43.1 Å². The van der Waals surface area contributed by atoms with Gasteiger partial charge in [0.2, 0.25) is 6.79 Å². The lowest BCUT2D eigenvalue weighted by molar-refractivity contribution is -0.132. The Balaban J connectivity index is 1.35. The maximum atomic E-state index is 13.0. The Morgan fingerprint density at radius 2 is 1.70 bits per heavy atom. The highest BCUT2D eigenvalue weighted by molar-refractivity contribution is 6.35. The molecule has 234 valence electrons. The lowest BCUT2D eigenvalue weighted by Gasteiger charge is -2.22. The highest BCUT2D eigenvalue weighted by atomic mass is 35.5. The third-order valence-electron chi connectivity index (χ3n) is 6.39. The molecule has 12 heteroatoms. The summed E-state index contributed by atoms with van der Waals surface area (Å²) in [6.45, 7) is 8.30. The second-order valence-electron chi connectivity index (χ2n) is 10.4. The van der Waals surface area contributed by atoms with Gasteiger partial charge in [-0.15, -0.1) is 0 Å². The van der Waals surface area contributed by atoms with Crippen LogP contribution >= 0.6 is 23.2 Å². The van der Waals surface area contributed by atoms with Gasteiger partial charge in [0.05, 0.1) is 17.8 Å². The number of ether oxygens (including phenoxy) is 5. The molecule has 2 atom stereocenters. The van der Waals surface area contributed by atoms with Gasteiger partial charge in [0.15, 0.2) is 29.1 Å². The Kier molecular flexibility index (Phi) is 11.6. The first-order valence-corrected chi connectivity index (χ1v) is 14.9. The Labute approximate surface area is 266 Å². The molecular weight excluding hydrogens is 609 g/mol. The SMILES string of the molecule is CCOc1cc(/C=N\NC(=O)[C@H](CC(C)C)NC(=O)[C@@H](C)Oc2ccc(Cl)cc2Cl)ccc1OCc1ccc2c(c1)OCO2. The summed E-state index contributed by atoms with van der Waals surface area (Å²) < 4.78 is 28.3. The standard InChI is InChI=1S/C32H35Cl2N3O7/c1-5-40-29-13-21(6-9-27(29)41-17-22-7-10-28-30(14-22)43-18-42-28)16-35-37-32(39)25(12-19(2)3)36-31(38)20(4)44-26-11-8-23(33)15-24(26)34/h6-11,13-16,19-20,25H,5,12,17-18H2,1-4H3,(H,36,38)(H,37,39)/b35-16-/t20-,25+/m1/s1. The zero-order valence-electron chi connectivity index (χ0n) is 24.9. The zero-order chi connectivity index (χ0) is 31.6. The van der Waals surface area contributed by atoms with Crippen molar-refractivity contribution in [1.29, 1.82) is 0 Å². The van der Waals surface area contributed by atoms with Crippen LogP contribution in [0, 0.1) is 5.92 Å². The number of benzene rings is 3. The van der Waals surface area contributed by atoms with E-state index in [2.05, 4.69) is 15.8 Å². The number of hydrogen-bond donors (Lipinski definition) is 2. The average Bonchev–Trinajstić information content (AvgIpc) is 3.45. The summed E-state index contributed by atoms with van der Waals surface area (Å²) in [4.78, 5) is 25.9. The van der Waals surface area contributed by atoms with Gasteiger partial charge in [0.1, 0.15) is 18.4 Å². The van der Waals surface area contributed by atoms with Crippen molar-refractivity contribution in [2.75, 3.05) is 13.4 Å². The Morgan fingerprint density at radius 3 is 2.45 bits per heavy atom. The molecule has 0 fully saturated rings. The normalized spacial score (nSPS) is 13.4. The van der Waals surface area contributed by atoms with Crippen molar-refractivity contribution >= 4 is 41.2 Å². The van der Waals surface area contributed by atoms with Crippen LogP contribution in [0.2, 0.25) is 10.0 Å². The summed E-state index contributed by atoms with van der Waals surface area (Å²) in [7, 11) is 0. The fourth-order valence-corrected chi connectivity index (χ4v) is 4.69. The van der Waals surface area contributed by atoms with Crippen LogP contribution in [-0.4, -0.2) is 43.6 Å². The van der Waals surface area contributed by atoms with E-state index < -0.39 is 24.0 Å². The van der Waals surface area contributed by atoms with Crippen LogP contribution in [0.5, 0.6) is 28.7 Å². The monoisotopic (exact) mass is 643 g/mol. The van der Waals surface area contributed by atoms with Crippen molar-refractivity contribution < 1.29 is 33.3 Å². The molecular formula is C32H35Cl2N3O7. The van der Waals surface area contributed by atoms with E-state index in [0.717, 1.165) is 5.56 Å². The minimum Gasteiger partial charge on any atom is -0.490 e. The van der Waals surface area contributed by atoms with Gasteiger partial charge in [-0.05, 0) is 85.8 Å². The molecule has 2 amide bonds. The molecule has 3 aromatic rings. The molecule has 0 radical (unpaired) electrons. The molecule has 0 aromatic heterocycles. The van der Waals surface area contributed by atoms with Crippen LogP contribution in [0.1, 0.15) is 45.2 Å². The minimum absolute atomic E-state index is 0.121. The molecule has 0 unspecified atom stereocenters. The summed E-state index contributed by atoms with van der Waals surface area (Å²) in [5.41, 5.74) is 4.12. The smallest absolute Gasteiger partial charge is 0.262 e. The van der Waals surface area contributed by atoms with Crippen LogP contribution in [0.15, 0.2) is 59.7 Å². The van der Waals surface area contributed by atoms with E-state index in [9.17, 15) is 9.59 Å². The largest absolute Gasteiger partial charge is 0.490 e. The molecule has 1 heterocycles. The Bertz CT molecular complexity index is 1500. The maximum Gasteiger partial charge on any atom is 0.262 e. The number of amides is 2. The lowest BCUT2D eigenvalue weighted by Crippen LogP contribution is -2.49. The molecule has 44 heavy (non-hydrogen) atoms. The van der Waals surface area contributed by atoms with Gasteiger partial charge >= 0.3 is 0 Å². The minimum atomic E-state index is -0.914. The van der Waals surface area contributed by atoms with E-state index in [4.69, 9.17) is 46.9 Å². The number of carbonyl (C=O) groups excluding carboxylic acids is 2. The molecule has 10 nitrogen and oxygen atoms in total. The fraction of sp³-hybridized carbons (Fsp3) is 0.344. The predicted molar refractivity (Wildman–Crippen MR) is 168 cm³/mol. The fourth-order valence-electron chi connectivity index (χ4n) is 4.24. The number of nitrogens with one attached hydrogen (secondary N) is 2. The molecule has 0 saturated heterocycles. The van der Waals surface area contributed by atoms with Gasteiger partial charge in [-0.3, -0.25) is 9.59 Å². The number of nitrogens with zero attached hydrogens (tertiary/aromatic N) is 1. The predicted octanol–water partition coefficient (Wildman–Crippen LogP) is 6.15. The van der Waals surface area contributed by atoms with E-state index in [0.29, 0.717) is 59.0 Å². The van der Waals surface area contributed by atoms with Gasteiger partial charge in [0.25, 0.3) is 11.8 Å². The zero-order valence-corrected chi connectivity index (χ0v) is 26.4. The Hall–Kier alpha value is -4.15. The van der Waals surface area contributed by atoms with Gasteiger partial charge in [0, 0.05) is 5.02 Å². The molecule has 1 aliphatic heterocycles. The first-order chi connectivity index (χ1) is 21.1. The van der Waals surface area contributed by atoms with Crippen molar-refractivity contribution in [3.8, 4) is 28.7 Å². The number of hydrogen-bond acceptors (Lipinski definition) is 8. The average molecular weight is 645 g/mol. The molecule has 0 aliphatic carbocycles. The number of halogens is 2. The third kappa shape index (κ3) is 9.17. The molecule has 1 aliphatic rings. The number of hydrazone groups is 1. The van der Waals surface area contributed by atoms with E-state index in [1.165, 1.54) is 12.3 Å². The van der Waals surface area contributed by atoms with Gasteiger partial charge in [-0.25, -0.2) is 5.43 Å². The second kappa shape index (κ2) is 15.5. The van der Waals surface area contributed by atoms with E-state index in [-0.39, 0.29) is 17.7 Å². The first kappa shape index (κ1) is 32.8. The van der Waals surface area contributed by atoms with Crippen molar-refractivity contribution in [2.24, 2.45) is 11.0 Å². The summed E-state index contributed by atoms with van der Waals surface area (Å²) in [6.07, 6.45) is 0.970. The number of fused-ring (bicyclic) bond motifs is 1.